The zero-order chi connectivity index (χ0) is 24.3. The summed E-state index contributed by atoms with van der Waals surface area (Å²) >= 11 is 0. The van der Waals surface area contributed by atoms with E-state index in [0.717, 1.165) is 17.7 Å². The number of ether oxygens (including phenoxy) is 1. The van der Waals surface area contributed by atoms with Crippen molar-refractivity contribution in [3.63, 3.8) is 0 Å². The first kappa shape index (κ1) is 22.8. The van der Waals surface area contributed by atoms with Gasteiger partial charge in [0.2, 0.25) is 0 Å². The van der Waals surface area contributed by atoms with Gasteiger partial charge in [-0.25, -0.2) is 4.79 Å². The van der Waals surface area contributed by atoms with Gasteiger partial charge in [0, 0.05) is 6.54 Å². The summed E-state index contributed by atoms with van der Waals surface area (Å²) in [6.45, 7) is 0.232. The Morgan fingerprint density at radius 3 is 2.47 bits per heavy atom. The van der Waals surface area contributed by atoms with Crippen LogP contribution in [0.1, 0.15) is 32.0 Å². The standard InChI is InChI=1S/C24H17F3N2O5/c25-24(26,27)16-3-1-4-17(13-16)33-18-5-2-6-19-20(18)21(29-34-19)22(30)28-12-11-14-7-9-15(10-8-14)23(31)32/h1-10,13H,11-12H2,(H,28,30)(H,31,32). The number of hydrogen-bond donors (Lipinski definition) is 2. The summed E-state index contributed by atoms with van der Waals surface area (Å²) < 4.78 is 49.9. The minimum atomic E-state index is -4.53. The lowest BCUT2D eigenvalue weighted by molar-refractivity contribution is -0.137. The highest BCUT2D eigenvalue weighted by Gasteiger charge is 2.30. The molecule has 0 spiro atoms. The van der Waals surface area contributed by atoms with Crippen molar-refractivity contribution in [3.8, 4) is 11.5 Å². The van der Waals surface area contributed by atoms with Crippen LogP contribution in [0.2, 0.25) is 0 Å². The Morgan fingerprint density at radius 2 is 1.76 bits per heavy atom. The molecule has 0 radical (unpaired) electrons. The first-order valence-corrected chi connectivity index (χ1v) is 10.1. The molecule has 7 nitrogen and oxygen atoms in total. The number of carbonyl (C=O) groups is 2. The number of benzene rings is 3. The average Bonchev–Trinajstić information content (AvgIpc) is 3.24. The molecule has 0 saturated heterocycles. The highest BCUT2D eigenvalue weighted by Crippen LogP contribution is 2.35. The van der Waals surface area contributed by atoms with Crippen LogP contribution in [0.3, 0.4) is 0 Å². The van der Waals surface area contributed by atoms with Gasteiger partial charge in [0.25, 0.3) is 5.91 Å². The first-order valence-electron chi connectivity index (χ1n) is 10.1. The summed E-state index contributed by atoms with van der Waals surface area (Å²) in [6.07, 6.45) is -4.09. The van der Waals surface area contributed by atoms with Crippen molar-refractivity contribution in [3.05, 3.63) is 89.1 Å². The number of carboxylic acid groups (broad SMARTS) is 1. The molecule has 1 amide bonds. The van der Waals surface area contributed by atoms with Gasteiger partial charge >= 0.3 is 12.1 Å². The number of alkyl halides is 3. The van der Waals surface area contributed by atoms with E-state index in [4.69, 9.17) is 14.4 Å². The van der Waals surface area contributed by atoms with Gasteiger partial charge in [-0.2, -0.15) is 13.2 Å². The SMILES string of the molecule is O=C(O)c1ccc(CCNC(=O)c2noc3cccc(Oc4cccc(C(F)(F)F)c4)c23)cc1. The van der Waals surface area contributed by atoms with E-state index in [9.17, 15) is 22.8 Å². The van der Waals surface area contributed by atoms with Gasteiger partial charge < -0.3 is 19.7 Å². The van der Waals surface area contributed by atoms with Crippen molar-refractivity contribution in [2.24, 2.45) is 0 Å². The second-order valence-electron chi connectivity index (χ2n) is 7.30. The number of amides is 1. The molecular weight excluding hydrogens is 453 g/mol. The number of carboxylic acids is 1. The highest BCUT2D eigenvalue weighted by atomic mass is 19.4. The molecule has 0 fully saturated rings. The van der Waals surface area contributed by atoms with Gasteiger partial charge in [-0.05, 0) is 54.4 Å². The number of rotatable bonds is 7. The molecule has 0 aliphatic carbocycles. The molecule has 0 aliphatic rings. The fourth-order valence-corrected chi connectivity index (χ4v) is 3.28. The van der Waals surface area contributed by atoms with Crippen LogP contribution in [0.15, 0.2) is 71.3 Å². The van der Waals surface area contributed by atoms with E-state index in [1.165, 1.54) is 30.3 Å². The third kappa shape index (κ3) is 5.01. The summed E-state index contributed by atoms with van der Waals surface area (Å²) in [5, 5.41) is 15.7. The second kappa shape index (κ2) is 9.26. The smallest absolute Gasteiger partial charge is 0.416 e. The van der Waals surface area contributed by atoms with Crippen LogP contribution in [0.25, 0.3) is 11.0 Å². The van der Waals surface area contributed by atoms with Crippen molar-refractivity contribution >= 4 is 22.8 Å². The molecule has 174 valence electrons. The normalized spacial score (nSPS) is 11.4. The fraction of sp³-hybridized carbons (Fsp3) is 0.125. The monoisotopic (exact) mass is 470 g/mol. The molecule has 34 heavy (non-hydrogen) atoms. The molecule has 0 saturated carbocycles. The van der Waals surface area contributed by atoms with Gasteiger partial charge in [0.1, 0.15) is 11.5 Å². The van der Waals surface area contributed by atoms with Crippen LogP contribution in [0.4, 0.5) is 13.2 Å². The minimum Gasteiger partial charge on any atom is -0.478 e. The predicted octanol–water partition coefficient (Wildman–Crippen LogP) is 5.31. The van der Waals surface area contributed by atoms with Crippen molar-refractivity contribution in [2.45, 2.75) is 12.6 Å². The van der Waals surface area contributed by atoms with Crippen molar-refractivity contribution in [1.29, 1.82) is 0 Å². The molecule has 0 aliphatic heterocycles. The maximum absolute atomic E-state index is 13.0. The number of carbonyl (C=O) groups excluding carboxylic acids is 1. The lowest BCUT2D eigenvalue weighted by Gasteiger charge is -2.11. The Bertz CT molecular complexity index is 1350. The third-order valence-corrected chi connectivity index (χ3v) is 4.96. The Labute approximate surface area is 190 Å². The van der Waals surface area contributed by atoms with Crippen LogP contribution >= 0.6 is 0 Å². The molecule has 3 aromatic carbocycles. The van der Waals surface area contributed by atoms with Crippen LogP contribution in [-0.4, -0.2) is 28.7 Å². The van der Waals surface area contributed by atoms with E-state index in [0.29, 0.717) is 6.42 Å². The molecule has 1 heterocycles. The maximum Gasteiger partial charge on any atom is 0.416 e. The number of nitrogens with zero attached hydrogens (tertiary/aromatic N) is 1. The summed E-state index contributed by atoms with van der Waals surface area (Å²) in [4.78, 5) is 23.7. The topological polar surface area (TPSA) is 102 Å². The lowest BCUT2D eigenvalue weighted by atomic mass is 10.1. The molecule has 0 bridgehead atoms. The zero-order valence-electron chi connectivity index (χ0n) is 17.4. The largest absolute Gasteiger partial charge is 0.478 e. The molecule has 4 rings (SSSR count). The van der Waals surface area contributed by atoms with Crippen LogP contribution < -0.4 is 10.1 Å². The van der Waals surface area contributed by atoms with E-state index >= 15 is 0 Å². The molecule has 0 unspecified atom stereocenters. The fourth-order valence-electron chi connectivity index (χ4n) is 3.28. The van der Waals surface area contributed by atoms with E-state index in [2.05, 4.69) is 10.5 Å². The molecule has 2 N–H and O–H groups in total. The molecular formula is C24H17F3N2O5. The summed E-state index contributed by atoms with van der Waals surface area (Å²) in [7, 11) is 0. The van der Waals surface area contributed by atoms with Gasteiger partial charge in [0.15, 0.2) is 11.3 Å². The number of aromatic carboxylic acids is 1. The molecule has 0 atom stereocenters. The zero-order valence-corrected chi connectivity index (χ0v) is 17.4. The number of aromatic nitrogens is 1. The lowest BCUT2D eigenvalue weighted by Crippen LogP contribution is -2.26. The molecule has 1 aromatic heterocycles. The minimum absolute atomic E-state index is 0.0558. The molecule has 10 heteroatoms. The van der Waals surface area contributed by atoms with Crippen molar-refractivity contribution < 1.29 is 37.1 Å². The third-order valence-electron chi connectivity index (χ3n) is 4.96. The van der Waals surface area contributed by atoms with Crippen LogP contribution in [-0.2, 0) is 12.6 Å². The summed E-state index contributed by atoms with van der Waals surface area (Å²) in [6, 6.07) is 15.3. The Hall–Kier alpha value is -4.34. The first-order chi connectivity index (χ1) is 16.2. The Kier molecular flexibility index (Phi) is 6.22. The van der Waals surface area contributed by atoms with Gasteiger partial charge in [0.05, 0.1) is 16.5 Å². The van der Waals surface area contributed by atoms with Crippen molar-refractivity contribution in [2.75, 3.05) is 6.54 Å². The number of halogens is 3. The maximum atomic E-state index is 13.0. The quantitative estimate of drug-likeness (QED) is 0.380. The highest BCUT2D eigenvalue weighted by molar-refractivity contribution is 6.06. The van der Waals surface area contributed by atoms with E-state index in [1.807, 2.05) is 0 Å². The van der Waals surface area contributed by atoms with E-state index in [-0.39, 0.29) is 40.3 Å². The van der Waals surface area contributed by atoms with Gasteiger partial charge in [-0.1, -0.05) is 29.4 Å². The van der Waals surface area contributed by atoms with E-state index in [1.54, 1.807) is 24.3 Å². The van der Waals surface area contributed by atoms with Crippen LogP contribution in [0.5, 0.6) is 11.5 Å². The Balaban J connectivity index is 1.50. The predicted molar refractivity (Wildman–Crippen MR) is 115 cm³/mol. The summed E-state index contributed by atoms with van der Waals surface area (Å²) in [5.41, 5.74) is 0.286. The van der Waals surface area contributed by atoms with E-state index < -0.39 is 23.6 Å². The van der Waals surface area contributed by atoms with Gasteiger partial charge in [-0.3, -0.25) is 4.79 Å². The number of nitrogens with one attached hydrogen (secondary N) is 1. The number of hydrogen-bond acceptors (Lipinski definition) is 5. The van der Waals surface area contributed by atoms with Gasteiger partial charge in [-0.15, -0.1) is 0 Å². The van der Waals surface area contributed by atoms with Crippen LogP contribution in [0, 0.1) is 0 Å². The second-order valence-corrected chi connectivity index (χ2v) is 7.30. The average molecular weight is 470 g/mol. The summed E-state index contributed by atoms with van der Waals surface area (Å²) in [5.74, 6) is -1.52. The van der Waals surface area contributed by atoms with Crippen molar-refractivity contribution in [1.82, 2.24) is 10.5 Å². The Morgan fingerprint density at radius 1 is 1.03 bits per heavy atom. The number of fused-ring (bicyclic) bond motifs is 1. The molecule has 4 aromatic rings.